The minimum atomic E-state index is -0.842. The molecule has 7 heteroatoms. The van der Waals surface area contributed by atoms with Gasteiger partial charge in [-0.25, -0.2) is 4.79 Å². The molecule has 0 rings (SSSR count). The van der Waals surface area contributed by atoms with Crippen molar-refractivity contribution in [3.05, 3.63) is 0 Å². The summed E-state index contributed by atoms with van der Waals surface area (Å²) in [5.74, 6) is -1.06. The van der Waals surface area contributed by atoms with E-state index >= 15 is 0 Å². The topological polar surface area (TPSA) is 108 Å². The zero-order valence-electron chi connectivity index (χ0n) is 11.5. The lowest BCUT2D eigenvalue weighted by Gasteiger charge is -2.14. The summed E-state index contributed by atoms with van der Waals surface area (Å²) in [5, 5.41) is 16.2. The van der Waals surface area contributed by atoms with E-state index in [0.717, 1.165) is 6.42 Å². The SMILES string of the molecule is CCCNC(=O)C(C)NC(=O)NCCCCC(=O)O. The van der Waals surface area contributed by atoms with E-state index in [-0.39, 0.29) is 12.3 Å². The number of urea groups is 1. The molecule has 7 nitrogen and oxygen atoms in total. The van der Waals surface area contributed by atoms with Crippen molar-refractivity contribution in [2.24, 2.45) is 0 Å². The maximum absolute atomic E-state index is 11.5. The normalized spacial score (nSPS) is 11.5. The predicted octanol–water partition coefficient (Wildman–Crippen LogP) is 0.455. The van der Waals surface area contributed by atoms with Crippen molar-refractivity contribution < 1.29 is 19.5 Å². The Balaban J connectivity index is 3.67. The first-order valence-electron chi connectivity index (χ1n) is 6.51. The van der Waals surface area contributed by atoms with Gasteiger partial charge in [0.05, 0.1) is 0 Å². The van der Waals surface area contributed by atoms with Crippen molar-refractivity contribution in [1.82, 2.24) is 16.0 Å². The predicted molar refractivity (Wildman–Crippen MR) is 70.8 cm³/mol. The Morgan fingerprint density at radius 1 is 1.11 bits per heavy atom. The summed E-state index contributed by atoms with van der Waals surface area (Å²) < 4.78 is 0. The molecular weight excluding hydrogens is 250 g/mol. The fourth-order valence-electron chi connectivity index (χ4n) is 1.32. The first kappa shape index (κ1) is 17.2. The highest BCUT2D eigenvalue weighted by Gasteiger charge is 2.14. The van der Waals surface area contributed by atoms with E-state index in [9.17, 15) is 14.4 Å². The number of nitrogens with one attached hydrogen (secondary N) is 3. The van der Waals surface area contributed by atoms with Crippen LogP contribution in [-0.4, -0.2) is 42.1 Å². The molecule has 1 atom stereocenters. The van der Waals surface area contributed by atoms with Gasteiger partial charge in [-0.1, -0.05) is 6.92 Å². The molecule has 4 N–H and O–H groups in total. The van der Waals surface area contributed by atoms with Gasteiger partial charge in [-0.2, -0.15) is 0 Å². The Morgan fingerprint density at radius 2 is 1.79 bits per heavy atom. The molecular formula is C12H23N3O4. The summed E-state index contributed by atoms with van der Waals surface area (Å²) in [6.07, 6.45) is 2.05. The highest BCUT2D eigenvalue weighted by molar-refractivity contribution is 5.86. The number of unbranched alkanes of at least 4 members (excludes halogenated alkanes) is 1. The first-order valence-corrected chi connectivity index (χ1v) is 6.51. The summed E-state index contributed by atoms with van der Waals surface area (Å²) >= 11 is 0. The minimum absolute atomic E-state index is 0.0964. The van der Waals surface area contributed by atoms with Gasteiger partial charge in [0.1, 0.15) is 6.04 Å². The molecule has 3 amide bonds. The van der Waals surface area contributed by atoms with Gasteiger partial charge in [0.15, 0.2) is 0 Å². The van der Waals surface area contributed by atoms with Gasteiger partial charge in [0.2, 0.25) is 5.91 Å². The molecule has 0 bridgehead atoms. The number of carboxylic acids is 1. The Hall–Kier alpha value is -1.79. The Bertz CT molecular complexity index is 307. The molecule has 0 saturated carbocycles. The average Bonchev–Trinajstić information content (AvgIpc) is 2.34. The fourth-order valence-corrected chi connectivity index (χ4v) is 1.32. The minimum Gasteiger partial charge on any atom is -0.481 e. The Kier molecular flexibility index (Phi) is 9.20. The maximum atomic E-state index is 11.5. The van der Waals surface area contributed by atoms with Gasteiger partial charge >= 0.3 is 12.0 Å². The van der Waals surface area contributed by atoms with Crippen LogP contribution in [0.2, 0.25) is 0 Å². The van der Waals surface area contributed by atoms with E-state index < -0.39 is 18.0 Å². The van der Waals surface area contributed by atoms with Crippen molar-refractivity contribution in [2.75, 3.05) is 13.1 Å². The molecule has 0 radical (unpaired) electrons. The summed E-state index contributed by atoms with van der Waals surface area (Å²) in [7, 11) is 0. The third kappa shape index (κ3) is 9.87. The van der Waals surface area contributed by atoms with E-state index in [0.29, 0.717) is 25.9 Å². The second-order valence-corrected chi connectivity index (χ2v) is 4.26. The first-order chi connectivity index (χ1) is 8.97. The van der Waals surface area contributed by atoms with E-state index in [1.165, 1.54) is 0 Å². The molecule has 0 spiro atoms. The number of hydrogen-bond donors (Lipinski definition) is 4. The number of carbonyl (C=O) groups excluding carboxylic acids is 2. The highest BCUT2D eigenvalue weighted by Crippen LogP contribution is 1.93. The van der Waals surface area contributed by atoms with Crippen LogP contribution in [0, 0.1) is 0 Å². The summed E-state index contributed by atoms with van der Waals surface area (Å²) in [6.45, 7) is 4.53. The monoisotopic (exact) mass is 273 g/mol. The van der Waals surface area contributed by atoms with E-state index in [2.05, 4.69) is 16.0 Å². The number of carboxylic acid groups (broad SMARTS) is 1. The second kappa shape index (κ2) is 10.2. The number of aliphatic carboxylic acids is 1. The lowest BCUT2D eigenvalue weighted by molar-refractivity contribution is -0.137. The van der Waals surface area contributed by atoms with Crippen LogP contribution in [0.25, 0.3) is 0 Å². The Labute approximate surface area is 113 Å². The van der Waals surface area contributed by atoms with Crippen LogP contribution in [0.4, 0.5) is 4.79 Å². The fraction of sp³-hybridized carbons (Fsp3) is 0.750. The van der Waals surface area contributed by atoms with Crippen LogP contribution >= 0.6 is 0 Å². The van der Waals surface area contributed by atoms with Crippen LogP contribution in [0.3, 0.4) is 0 Å². The molecule has 0 aliphatic rings. The lowest BCUT2D eigenvalue weighted by Crippen LogP contribution is -2.48. The van der Waals surface area contributed by atoms with Gasteiger partial charge in [0.25, 0.3) is 0 Å². The van der Waals surface area contributed by atoms with Crippen LogP contribution in [-0.2, 0) is 9.59 Å². The molecule has 0 aliphatic heterocycles. The van der Waals surface area contributed by atoms with Crippen LogP contribution in [0.1, 0.15) is 39.5 Å². The van der Waals surface area contributed by atoms with E-state index in [4.69, 9.17) is 5.11 Å². The summed E-state index contributed by atoms with van der Waals surface area (Å²) in [4.78, 5) is 33.1. The van der Waals surface area contributed by atoms with Crippen molar-refractivity contribution in [2.45, 2.75) is 45.6 Å². The maximum Gasteiger partial charge on any atom is 0.315 e. The molecule has 19 heavy (non-hydrogen) atoms. The van der Waals surface area contributed by atoms with Gasteiger partial charge < -0.3 is 21.1 Å². The zero-order valence-corrected chi connectivity index (χ0v) is 11.5. The molecule has 0 aromatic rings. The lowest BCUT2D eigenvalue weighted by atomic mass is 10.2. The molecule has 110 valence electrons. The molecule has 0 saturated heterocycles. The van der Waals surface area contributed by atoms with Crippen LogP contribution in [0.5, 0.6) is 0 Å². The highest BCUT2D eigenvalue weighted by atomic mass is 16.4. The van der Waals surface area contributed by atoms with Crippen molar-refractivity contribution in [3.8, 4) is 0 Å². The Morgan fingerprint density at radius 3 is 2.37 bits per heavy atom. The van der Waals surface area contributed by atoms with Gasteiger partial charge in [-0.3, -0.25) is 9.59 Å². The van der Waals surface area contributed by atoms with Crippen LogP contribution < -0.4 is 16.0 Å². The van der Waals surface area contributed by atoms with E-state index in [1.807, 2.05) is 6.92 Å². The smallest absolute Gasteiger partial charge is 0.315 e. The number of carbonyl (C=O) groups is 3. The second-order valence-electron chi connectivity index (χ2n) is 4.26. The van der Waals surface area contributed by atoms with Gasteiger partial charge in [-0.15, -0.1) is 0 Å². The molecule has 0 fully saturated rings. The van der Waals surface area contributed by atoms with E-state index in [1.54, 1.807) is 6.92 Å². The number of amides is 3. The largest absolute Gasteiger partial charge is 0.481 e. The number of rotatable bonds is 9. The quantitative estimate of drug-likeness (QED) is 0.458. The third-order valence-electron chi connectivity index (χ3n) is 2.39. The van der Waals surface area contributed by atoms with Crippen molar-refractivity contribution in [1.29, 1.82) is 0 Å². The molecule has 1 unspecified atom stereocenters. The van der Waals surface area contributed by atoms with Crippen LogP contribution in [0.15, 0.2) is 0 Å². The molecule has 0 aromatic heterocycles. The standard InChI is InChI=1S/C12H23N3O4/c1-3-7-13-11(18)9(2)15-12(19)14-8-5-4-6-10(16)17/h9H,3-8H2,1-2H3,(H,13,18)(H,16,17)(H2,14,15,19). The third-order valence-corrected chi connectivity index (χ3v) is 2.39. The molecule has 0 heterocycles. The average molecular weight is 273 g/mol. The van der Waals surface area contributed by atoms with Gasteiger partial charge in [-0.05, 0) is 26.2 Å². The molecule has 0 aliphatic carbocycles. The number of hydrogen-bond acceptors (Lipinski definition) is 3. The summed E-state index contributed by atoms with van der Waals surface area (Å²) in [5.41, 5.74) is 0. The van der Waals surface area contributed by atoms with Crippen molar-refractivity contribution in [3.63, 3.8) is 0 Å². The molecule has 0 aromatic carbocycles. The summed E-state index contributed by atoms with van der Waals surface area (Å²) in [6, 6.07) is -1.01. The van der Waals surface area contributed by atoms with Crippen molar-refractivity contribution >= 4 is 17.9 Å². The van der Waals surface area contributed by atoms with Gasteiger partial charge in [0, 0.05) is 19.5 Å². The zero-order chi connectivity index (χ0) is 14.7.